The summed E-state index contributed by atoms with van der Waals surface area (Å²) >= 11 is 0. The maximum absolute atomic E-state index is 5.81. The number of anilines is 1. The lowest BCUT2D eigenvalue weighted by Crippen LogP contribution is -2.15. The van der Waals surface area contributed by atoms with Crippen molar-refractivity contribution in [3.8, 4) is 5.88 Å². The second-order valence-corrected chi connectivity index (χ2v) is 4.03. The lowest BCUT2D eigenvalue weighted by molar-refractivity contribution is 0.200. The molecule has 0 unspecified atom stereocenters. The van der Waals surface area contributed by atoms with Gasteiger partial charge in [0.05, 0.1) is 0 Å². The quantitative estimate of drug-likeness (QED) is 0.598. The van der Waals surface area contributed by atoms with E-state index < -0.39 is 0 Å². The Kier molecular flexibility index (Phi) is 3.56. The fraction of sp³-hybridized carbons (Fsp3) is 0.636. The van der Waals surface area contributed by atoms with E-state index in [2.05, 4.69) is 15.4 Å². The van der Waals surface area contributed by atoms with Crippen LogP contribution in [0.2, 0.25) is 0 Å². The van der Waals surface area contributed by atoms with Crippen LogP contribution in [-0.2, 0) is 6.42 Å². The second kappa shape index (κ2) is 5.12. The van der Waals surface area contributed by atoms with Crippen molar-refractivity contribution < 1.29 is 4.74 Å². The van der Waals surface area contributed by atoms with Crippen LogP contribution in [0.5, 0.6) is 5.88 Å². The van der Waals surface area contributed by atoms with E-state index in [4.69, 9.17) is 10.6 Å². The highest BCUT2D eigenvalue weighted by molar-refractivity contribution is 5.37. The Morgan fingerprint density at radius 2 is 2.19 bits per heavy atom. The molecule has 88 valence electrons. The number of aryl methyl sites for hydroxylation is 1. The molecule has 5 nitrogen and oxygen atoms in total. The largest absolute Gasteiger partial charge is 0.474 e. The Labute approximate surface area is 95.4 Å². The number of hydrazine groups is 1. The Balaban J connectivity index is 2.12. The smallest absolute Gasteiger partial charge is 0.219 e. The molecule has 0 amide bonds. The third kappa shape index (κ3) is 2.61. The monoisotopic (exact) mass is 222 g/mol. The van der Waals surface area contributed by atoms with Gasteiger partial charge in [-0.3, -0.25) is 0 Å². The molecule has 0 aliphatic heterocycles. The van der Waals surface area contributed by atoms with Crippen molar-refractivity contribution in [1.82, 2.24) is 9.97 Å². The van der Waals surface area contributed by atoms with E-state index in [1.165, 1.54) is 12.8 Å². The van der Waals surface area contributed by atoms with Gasteiger partial charge in [0.25, 0.3) is 0 Å². The molecule has 3 N–H and O–H groups in total. The molecular formula is C11H18N4O. The van der Waals surface area contributed by atoms with Gasteiger partial charge >= 0.3 is 0 Å². The first kappa shape index (κ1) is 11.1. The first-order valence-electron chi connectivity index (χ1n) is 5.83. The van der Waals surface area contributed by atoms with Crippen molar-refractivity contribution in [3.05, 3.63) is 11.9 Å². The van der Waals surface area contributed by atoms with Crippen molar-refractivity contribution in [2.75, 3.05) is 5.43 Å². The van der Waals surface area contributed by atoms with Crippen molar-refractivity contribution in [2.45, 2.75) is 45.1 Å². The number of hydrogen-bond acceptors (Lipinski definition) is 5. The molecule has 0 bridgehead atoms. The molecule has 16 heavy (non-hydrogen) atoms. The zero-order valence-electron chi connectivity index (χ0n) is 9.57. The number of nitrogens with one attached hydrogen (secondary N) is 1. The van der Waals surface area contributed by atoms with Crippen LogP contribution in [0, 0.1) is 0 Å². The van der Waals surface area contributed by atoms with E-state index in [0.717, 1.165) is 25.1 Å². The van der Waals surface area contributed by atoms with Crippen LogP contribution in [0.25, 0.3) is 0 Å². The summed E-state index contributed by atoms with van der Waals surface area (Å²) in [6.07, 6.45) is 5.83. The number of nitrogens with zero attached hydrogens (tertiary/aromatic N) is 2. The molecule has 1 aromatic rings. The average Bonchev–Trinajstić information content (AvgIpc) is 2.81. The minimum atomic E-state index is 0.310. The lowest BCUT2D eigenvalue weighted by atomic mass is 10.3. The van der Waals surface area contributed by atoms with Crippen molar-refractivity contribution in [3.63, 3.8) is 0 Å². The van der Waals surface area contributed by atoms with Gasteiger partial charge in [0.15, 0.2) is 0 Å². The Morgan fingerprint density at radius 1 is 1.44 bits per heavy atom. The summed E-state index contributed by atoms with van der Waals surface area (Å²) < 4.78 is 5.81. The molecule has 5 heteroatoms. The van der Waals surface area contributed by atoms with E-state index >= 15 is 0 Å². The molecule has 2 rings (SSSR count). The van der Waals surface area contributed by atoms with Crippen LogP contribution >= 0.6 is 0 Å². The van der Waals surface area contributed by atoms with Crippen LogP contribution in [0.4, 0.5) is 5.82 Å². The van der Waals surface area contributed by atoms with Crippen molar-refractivity contribution in [2.24, 2.45) is 5.84 Å². The van der Waals surface area contributed by atoms with E-state index in [1.54, 1.807) is 6.07 Å². The fourth-order valence-electron chi connectivity index (χ4n) is 1.94. The summed E-state index contributed by atoms with van der Waals surface area (Å²) in [6.45, 7) is 2.01. The summed E-state index contributed by atoms with van der Waals surface area (Å²) in [5, 5.41) is 0. The molecule has 1 aromatic heterocycles. The van der Waals surface area contributed by atoms with Gasteiger partial charge in [-0.2, -0.15) is 4.98 Å². The standard InChI is InChI=1S/C11H18N4O/c1-2-9-13-10(15-12)7-11(14-9)16-8-5-3-4-6-8/h7-8H,2-6,12H2,1H3,(H,13,14,15). The molecule has 1 aliphatic rings. The minimum Gasteiger partial charge on any atom is -0.474 e. The fourth-order valence-corrected chi connectivity index (χ4v) is 1.94. The molecule has 1 fully saturated rings. The Morgan fingerprint density at radius 3 is 2.81 bits per heavy atom. The van der Waals surface area contributed by atoms with Crippen LogP contribution in [0.1, 0.15) is 38.4 Å². The summed E-state index contributed by atoms with van der Waals surface area (Å²) in [7, 11) is 0. The maximum atomic E-state index is 5.81. The van der Waals surface area contributed by atoms with Gasteiger partial charge in [-0.05, 0) is 25.7 Å². The van der Waals surface area contributed by atoms with Gasteiger partial charge in [-0.15, -0.1) is 0 Å². The first-order valence-corrected chi connectivity index (χ1v) is 5.83. The predicted octanol–water partition coefficient (Wildman–Crippen LogP) is 1.65. The lowest BCUT2D eigenvalue weighted by Gasteiger charge is -2.13. The summed E-state index contributed by atoms with van der Waals surface area (Å²) in [4.78, 5) is 8.55. The van der Waals surface area contributed by atoms with Gasteiger partial charge in [-0.1, -0.05) is 6.92 Å². The zero-order chi connectivity index (χ0) is 11.4. The summed E-state index contributed by atoms with van der Waals surface area (Å²) in [5.41, 5.74) is 2.54. The second-order valence-electron chi connectivity index (χ2n) is 4.03. The highest BCUT2D eigenvalue weighted by atomic mass is 16.5. The van der Waals surface area contributed by atoms with E-state index in [1.807, 2.05) is 6.92 Å². The molecule has 0 radical (unpaired) electrons. The SMILES string of the molecule is CCc1nc(NN)cc(OC2CCCC2)n1. The van der Waals surface area contributed by atoms with Gasteiger partial charge in [0.2, 0.25) is 5.88 Å². The topological polar surface area (TPSA) is 73.1 Å². The molecule has 1 aliphatic carbocycles. The number of nitrogens with two attached hydrogens (primary N) is 1. The molecular weight excluding hydrogens is 204 g/mol. The van der Waals surface area contributed by atoms with Gasteiger partial charge in [0, 0.05) is 12.5 Å². The number of nitrogen functional groups attached to an aromatic ring is 1. The number of hydrogen-bond donors (Lipinski definition) is 2. The van der Waals surface area contributed by atoms with E-state index in [-0.39, 0.29) is 0 Å². The Bertz CT molecular complexity index is 328. The van der Waals surface area contributed by atoms with Crippen LogP contribution in [0.15, 0.2) is 6.07 Å². The molecule has 0 aromatic carbocycles. The highest BCUT2D eigenvalue weighted by Gasteiger charge is 2.17. The highest BCUT2D eigenvalue weighted by Crippen LogP contribution is 2.24. The average molecular weight is 222 g/mol. The molecule has 0 saturated heterocycles. The predicted molar refractivity (Wildman–Crippen MR) is 62.1 cm³/mol. The molecule has 1 saturated carbocycles. The van der Waals surface area contributed by atoms with Gasteiger partial charge in [-0.25, -0.2) is 10.8 Å². The number of aromatic nitrogens is 2. The third-order valence-electron chi connectivity index (χ3n) is 2.80. The first-order chi connectivity index (χ1) is 7.81. The van der Waals surface area contributed by atoms with Crippen LogP contribution in [-0.4, -0.2) is 16.1 Å². The number of ether oxygens (including phenoxy) is 1. The zero-order valence-corrected chi connectivity index (χ0v) is 9.57. The molecule has 0 spiro atoms. The summed E-state index contributed by atoms with van der Waals surface area (Å²) in [6, 6.07) is 1.75. The Hall–Kier alpha value is -1.36. The van der Waals surface area contributed by atoms with E-state index in [9.17, 15) is 0 Å². The van der Waals surface area contributed by atoms with E-state index in [0.29, 0.717) is 17.8 Å². The van der Waals surface area contributed by atoms with Crippen molar-refractivity contribution in [1.29, 1.82) is 0 Å². The minimum absolute atomic E-state index is 0.310. The van der Waals surface area contributed by atoms with Crippen LogP contribution < -0.4 is 16.0 Å². The van der Waals surface area contributed by atoms with Gasteiger partial charge < -0.3 is 10.2 Å². The third-order valence-corrected chi connectivity index (χ3v) is 2.80. The molecule has 0 atom stereocenters. The van der Waals surface area contributed by atoms with Crippen molar-refractivity contribution >= 4 is 5.82 Å². The number of rotatable bonds is 4. The maximum Gasteiger partial charge on any atom is 0.219 e. The van der Waals surface area contributed by atoms with Crippen LogP contribution in [0.3, 0.4) is 0 Å². The summed E-state index contributed by atoms with van der Waals surface area (Å²) in [5.74, 6) is 7.35. The molecule has 1 heterocycles. The van der Waals surface area contributed by atoms with Gasteiger partial charge in [0.1, 0.15) is 17.7 Å². The normalized spacial score (nSPS) is 16.4.